The number of benzene rings is 2. The van der Waals surface area contributed by atoms with E-state index in [4.69, 9.17) is 14.6 Å². The fourth-order valence-electron chi connectivity index (χ4n) is 3.42. The van der Waals surface area contributed by atoms with Gasteiger partial charge in [-0.2, -0.15) is 4.36 Å². The van der Waals surface area contributed by atoms with Crippen molar-refractivity contribution in [3.05, 3.63) is 59.8 Å². The van der Waals surface area contributed by atoms with Gasteiger partial charge >= 0.3 is 6.09 Å². The van der Waals surface area contributed by atoms with Crippen molar-refractivity contribution in [3.8, 4) is 22.8 Å². The SMILES string of the molecule is C[SH](O)(Cc1cc2cc(c1)OCCCOc1cc(ccc1F)-c1nc(ncc1F)N2)=NC(=O)O. The molecule has 180 valence electrons. The second-order valence-corrected chi connectivity index (χ2v) is 10.4. The zero-order valence-corrected chi connectivity index (χ0v) is 18.9. The average Bonchev–Trinajstić information content (AvgIpc) is 2.74. The minimum atomic E-state index is -3.12. The van der Waals surface area contributed by atoms with E-state index in [9.17, 15) is 18.1 Å². The van der Waals surface area contributed by atoms with Crippen LogP contribution in [0.1, 0.15) is 12.0 Å². The maximum Gasteiger partial charge on any atom is 0.437 e. The summed E-state index contributed by atoms with van der Waals surface area (Å²) < 4.78 is 53.8. The van der Waals surface area contributed by atoms with Crippen molar-refractivity contribution in [2.24, 2.45) is 4.36 Å². The Morgan fingerprint density at radius 2 is 1.97 bits per heavy atom. The molecule has 4 rings (SSSR count). The fraction of sp³-hybridized carbons (Fsp3) is 0.227. The Hall–Kier alpha value is -3.64. The number of nitrogens with one attached hydrogen (secondary N) is 1. The Kier molecular flexibility index (Phi) is 6.70. The molecular formula is C22H22F2N4O5S. The number of hydrogen-bond acceptors (Lipinski definition) is 6. The number of carboxylic acid groups (broad SMARTS) is 1. The Labute approximate surface area is 194 Å². The second kappa shape index (κ2) is 9.69. The summed E-state index contributed by atoms with van der Waals surface area (Å²) in [6.45, 7) is 0.397. The van der Waals surface area contributed by atoms with Crippen LogP contribution in [0.25, 0.3) is 11.3 Å². The number of halogens is 2. The maximum absolute atomic E-state index is 14.5. The van der Waals surface area contributed by atoms with Gasteiger partial charge in [-0.25, -0.2) is 23.5 Å². The number of rotatable bonds is 2. The van der Waals surface area contributed by atoms with E-state index in [1.54, 1.807) is 18.2 Å². The van der Waals surface area contributed by atoms with Crippen molar-refractivity contribution in [2.75, 3.05) is 24.8 Å². The van der Waals surface area contributed by atoms with Gasteiger partial charge in [-0.15, -0.1) is 0 Å². The lowest BCUT2D eigenvalue weighted by molar-refractivity contribution is 0.206. The first-order valence-electron chi connectivity index (χ1n) is 10.2. The summed E-state index contributed by atoms with van der Waals surface area (Å²) in [5, 5.41) is 11.9. The van der Waals surface area contributed by atoms with Crippen LogP contribution in [-0.4, -0.2) is 45.2 Å². The first-order valence-corrected chi connectivity index (χ1v) is 12.5. The molecule has 0 saturated heterocycles. The first kappa shape index (κ1) is 23.5. The molecule has 0 radical (unpaired) electrons. The highest BCUT2D eigenvalue weighted by Gasteiger charge is 2.15. The van der Waals surface area contributed by atoms with Crippen LogP contribution < -0.4 is 14.8 Å². The number of amides is 1. The summed E-state index contributed by atoms with van der Waals surface area (Å²) in [4.78, 5) is 19.1. The molecule has 2 heterocycles. The van der Waals surface area contributed by atoms with Gasteiger partial charge in [0.15, 0.2) is 17.4 Å². The minimum Gasteiger partial charge on any atom is -0.493 e. The molecule has 0 unspecified atom stereocenters. The summed E-state index contributed by atoms with van der Waals surface area (Å²) in [7, 11) is -3.12. The third-order valence-electron chi connectivity index (χ3n) is 4.77. The average molecular weight is 493 g/mol. The third kappa shape index (κ3) is 5.83. The van der Waals surface area contributed by atoms with E-state index in [0.717, 1.165) is 6.20 Å². The lowest BCUT2D eigenvalue weighted by atomic mass is 10.1. The molecule has 2 aromatic carbocycles. The molecule has 0 fully saturated rings. The van der Waals surface area contributed by atoms with Crippen LogP contribution >= 0.6 is 0 Å². The van der Waals surface area contributed by atoms with E-state index in [0.29, 0.717) is 29.0 Å². The number of hydrogen-bond donors (Lipinski definition) is 4. The molecule has 12 heteroatoms. The molecule has 0 aliphatic carbocycles. The molecule has 1 aromatic heterocycles. The second-order valence-electron chi connectivity index (χ2n) is 7.71. The summed E-state index contributed by atoms with van der Waals surface area (Å²) in [6.07, 6.45) is 1.37. The molecule has 1 amide bonds. The van der Waals surface area contributed by atoms with Crippen molar-refractivity contribution < 1.29 is 32.7 Å². The van der Waals surface area contributed by atoms with Gasteiger partial charge in [0.2, 0.25) is 5.95 Å². The lowest BCUT2D eigenvalue weighted by Gasteiger charge is -2.19. The van der Waals surface area contributed by atoms with E-state index in [-0.39, 0.29) is 36.4 Å². The number of nitrogens with zero attached hydrogens (tertiary/aromatic N) is 3. The van der Waals surface area contributed by atoms with Gasteiger partial charge in [0.1, 0.15) is 11.4 Å². The van der Waals surface area contributed by atoms with E-state index in [1.165, 1.54) is 24.5 Å². The fourth-order valence-corrected chi connectivity index (χ4v) is 4.74. The molecule has 0 spiro atoms. The zero-order chi connectivity index (χ0) is 24.3. The molecule has 3 aromatic rings. The van der Waals surface area contributed by atoms with Gasteiger partial charge in [-0.1, -0.05) is 10.1 Å². The van der Waals surface area contributed by atoms with Crippen molar-refractivity contribution in [2.45, 2.75) is 12.2 Å². The van der Waals surface area contributed by atoms with Gasteiger partial charge in [-0.05, 0) is 42.2 Å². The molecule has 6 bridgehead atoms. The summed E-state index contributed by atoms with van der Waals surface area (Å²) in [5.74, 6) is -0.815. The largest absolute Gasteiger partial charge is 0.493 e. The summed E-state index contributed by atoms with van der Waals surface area (Å²) >= 11 is 0. The topological polar surface area (TPSA) is 126 Å². The number of carbonyl (C=O) groups is 1. The van der Waals surface area contributed by atoms with Gasteiger partial charge in [-0.3, -0.25) is 0 Å². The highest BCUT2D eigenvalue weighted by Crippen LogP contribution is 2.30. The Bertz CT molecular complexity index is 1300. The van der Waals surface area contributed by atoms with Crippen LogP contribution in [0, 0.1) is 11.6 Å². The standard InChI is InChI=1S/C22H22F2N4O5S/c1-34(31,28-22(29)30)12-13-7-15-10-16(8-13)32-5-2-6-33-19-9-14(3-4-17(19)23)20-18(24)11-25-21(26-15)27-20/h3-4,7-11,34H,2,5-6,12H2,1H3,(H,28,31)(H,29,30)(H,25,26,27). The van der Waals surface area contributed by atoms with Crippen LogP contribution in [0.3, 0.4) is 0 Å². The number of ether oxygens (including phenoxy) is 2. The molecular weight excluding hydrogens is 470 g/mol. The smallest absolute Gasteiger partial charge is 0.437 e. The van der Waals surface area contributed by atoms with Crippen LogP contribution in [-0.2, 0) is 15.9 Å². The first-order chi connectivity index (χ1) is 16.2. The molecule has 1 aliphatic heterocycles. The van der Waals surface area contributed by atoms with Gasteiger partial charge < -0.3 is 24.4 Å². The van der Waals surface area contributed by atoms with Crippen LogP contribution in [0.15, 0.2) is 47.0 Å². The molecule has 0 atom stereocenters. The molecule has 9 nitrogen and oxygen atoms in total. The normalized spacial score (nSPS) is 13.9. The summed E-state index contributed by atoms with van der Waals surface area (Å²) in [5.41, 5.74) is 1.32. The third-order valence-corrected chi connectivity index (χ3v) is 6.34. The predicted molar refractivity (Wildman–Crippen MR) is 124 cm³/mol. The van der Waals surface area contributed by atoms with Crippen molar-refractivity contribution in [1.29, 1.82) is 0 Å². The van der Waals surface area contributed by atoms with Crippen LogP contribution in [0.2, 0.25) is 0 Å². The monoisotopic (exact) mass is 492 g/mol. The Morgan fingerprint density at radius 3 is 2.76 bits per heavy atom. The number of aromatic nitrogens is 2. The van der Waals surface area contributed by atoms with Gasteiger partial charge in [0.25, 0.3) is 0 Å². The van der Waals surface area contributed by atoms with E-state index < -0.39 is 27.8 Å². The molecule has 1 aliphatic rings. The van der Waals surface area contributed by atoms with Crippen molar-refractivity contribution in [3.63, 3.8) is 0 Å². The molecule has 0 saturated carbocycles. The van der Waals surface area contributed by atoms with E-state index in [1.807, 2.05) is 0 Å². The van der Waals surface area contributed by atoms with E-state index >= 15 is 0 Å². The van der Waals surface area contributed by atoms with Gasteiger partial charge in [0.05, 0.1) is 19.4 Å². The predicted octanol–water partition coefficient (Wildman–Crippen LogP) is 4.68. The lowest BCUT2D eigenvalue weighted by Crippen LogP contribution is -2.13. The maximum atomic E-state index is 14.5. The van der Waals surface area contributed by atoms with E-state index in [2.05, 4.69) is 19.6 Å². The minimum absolute atomic E-state index is 0.00503. The van der Waals surface area contributed by atoms with Crippen molar-refractivity contribution in [1.82, 2.24) is 9.97 Å². The highest BCUT2D eigenvalue weighted by molar-refractivity contribution is 7.98. The van der Waals surface area contributed by atoms with Crippen LogP contribution in [0.4, 0.5) is 25.2 Å². The number of anilines is 2. The van der Waals surface area contributed by atoms with Crippen molar-refractivity contribution >= 4 is 27.8 Å². The number of thiol groups is 1. The Balaban J connectivity index is 1.75. The highest BCUT2D eigenvalue weighted by atomic mass is 32.3. The number of fused-ring (bicyclic) bond motifs is 7. The Morgan fingerprint density at radius 1 is 1.18 bits per heavy atom. The molecule has 34 heavy (non-hydrogen) atoms. The van der Waals surface area contributed by atoms with Crippen LogP contribution in [0.5, 0.6) is 11.5 Å². The van der Waals surface area contributed by atoms with Gasteiger partial charge in [0, 0.05) is 29.5 Å². The quantitative estimate of drug-likeness (QED) is 0.380. The summed E-state index contributed by atoms with van der Waals surface area (Å²) in [6, 6.07) is 8.95. The zero-order valence-electron chi connectivity index (χ0n) is 18.0. The molecule has 3 N–H and O–H groups in total.